The molecule has 3 aromatic rings. The highest BCUT2D eigenvalue weighted by molar-refractivity contribution is 6.31. The average Bonchev–Trinajstić information content (AvgIpc) is 3.01. The number of carbonyl (C=O) groups is 1. The van der Waals surface area contributed by atoms with E-state index in [1.807, 2.05) is 19.0 Å². The number of rotatable bonds is 6. The second kappa shape index (κ2) is 8.13. The van der Waals surface area contributed by atoms with E-state index in [2.05, 4.69) is 0 Å². The lowest BCUT2D eigenvalue weighted by Crippen LogP contribution is -2.32. The number of fused-ring (bicyclic) bond motifs is 2. The normalized spacial score (nSPS) is 15.7. The third kappa shape index (κ3) is 3.80. The first-order valence-electron chi connectivity index (χ1n) is 9.74. The number of nitrogens with zero attached hydrogens (tertiary/aromatic N) is 3. The molecule has 2 heterocycles. The molecular formula is C22H20ClN3O5. The molecule has 0 radical (unpaired) electrons. The number of halogens is 1. The lowest BCUT2D eigenvalue weighted by Gasteiger charge is -2.25. The maximum Gasteiger partial charge on any atom is 0.290 e. The lowest BCUT2D eigenvalue weighted by molar-refractivity contribution is -0.384. The summed E-state index contributed by atoms with van der Waals surface area (Å²) in [4.78, 5) is 40.8. The zero-order chi connectivity index (χ0) is 22.3. The number of amides is 1. The molecule has 9 heteroatoms. The van der Waals surface area contributed by atoms with Crippen LogP contribution in [0.25, 0.3) is 11.0 Å². The number of benzene rings is 2. The molecule has 1 aromatic heterocycles. The standard InChI is InChI=1S/C22H20ClN3O5/c1-24(2)10-3-11-25-19(13-4-7-15(8-5-13)26(29)30)18-20(27)16-12-14(23)6-9-17(16)31-21(18)22(25)28/h4-9,12,19H,3,10-11H2,1-2H3. The van der Waals surface area contributed by atoms with Crippen LogP contribution in [0.3, 0.4) is 0 Å². The van der Waals surface area contributed by atoms with Gasteiger partial charge in [0.05, 0.1) is 21.9 Å². The van der Waals surface area contributed by atoms with Crippen LogP contribution in [0, 0.1) is 10.1 Å². The number of nitro benzene ring substituents is 1. The lowest BCUT2D eigenvalue weighted by atomic mass is 9.98. The van der Waals surface area contributed by atoms with E-state index in [-0.39, 0.29) is 28.3 Å². The summed E-state index contributed by atoms with van der Waals surface area (Å²) in [5, 5.41) is 11.7. The summed E-state index contributed by atoms with van der Waals surface area (Å²) >= 11 is 6.07. The molecule has 0 saturated carbocycles. The molecule has 0 fully saturated rings. The molecule has 0 N–H and O–H groups in total. The van der Waals surface area contributed by atoms with Gasteiger partial charge in [-0.2, -0.15) is 0 Å². The summed E-state index contributed by atoms with van der Waals surface area (Å²) in [6.07, 6.45) is 0.690. The predicted molar refractivity (Wildman–Crippen MR) is 117 cm³/mol. The van der Waals surface area contributed by atoms with Crippen LogP contribution < -0.4 is 5.43 Å². The highest BCUT2D eigenvalue weighted by Crippen LogP contribution is 2.38. The minimum absolute atomic E-state index is 0.00743. The Morgan fingerprint density at radius 1 is 1.16 bits per heavy atom. The molecule has 8 nitrogen and oxygen atoms in total. The Morgan fingerprint density at radius 2 is 1.87 bits per heavy atom. The molecule has 160 valence electrons. The fraction of sp³-hybridized carbons (Fsp3) is 0.273. The Labute approximate surface area is 182 Å². The van der Waals surface area contributed by atoms with Gasteiger partial charge in [0.1, 0.15) is 5.58 Å². The van der Waals surface area contributed by atoms with Crippen molar-refractivity contribution in [3.05, 3.63) is 84.7 Å². The van der Waals surface area contributed by atoms with Crippen molar-refractivity contribution in [2.75, 3.05) is 27.2 Å². The molecule has 4 rings (SSSR count). The van der Waals surface area contributed by atoms with Gasteiger partial charge in [-0.05, 0) is 63.0 Å². The minimum Gasteiger partial charge on any atom is -0.450 e. The van der Waals surface area contributed by atoms with E-state index in [0.29, 0.717) is 34.5 Å². The van der Waals surface area contributed by atoms with Gasteiger partial charge in [0.15, 0.2) is 5.43 Å². The maximum atomic E-state index is 13.4. The molecule has 1 amide bonds. The Bertz CT molecular complexity index is 1240. The van der Waals surface area contributed by atoms with Crippen LogP contribution in [0.4, 0.5) is 5.69 Å². The molecule has 0 spiro atoms. The molecule has 31 heavy (non-hydrogen) atoms. The van der Waals surface area contributed by atoms with Crippen LogP contribution >= 0.6 is 11.6 Å². The highest BCUT2D eigenvalue weighted by Gasteiger charge is 2.42. The minimum atomic E-state index is -0.690. The zero-order valence-corrected chi connectivity index (χ0v) is 17.8. The van der Waals surface area contributed by atoms with Crippen LogP contribution in [0.1, 0.15) is 34.1 Å². The summed E-state index contributed by atoms with van der Waals surface area (Å²) < 4.78 is 5.86. The molecular weight excluding hydrogens is 422 g/mol. The monoisotopic (exact) mass is 441 g/mol. The molecule has 1 aliphatic rings. The number of non-ortho nitro benzene ring substituents is 1. The largest absolute Gasteiger partial charge is 0.450 e. The SMILES string of the molecule is CN(C)CCCN1C(=O)c2oc3ccc(Cl)cc3c(=O)c2C1c1ccc([N+](=O)[O-])cc1. The smallest absolute Gasteiger partial charge is 0.290 e. The molecule has 0 saturated heterocycles. The number of nitro groups is 1. The van der Waals surface area contributed by atoms with E-state index in [4.69, 9.17) is 16.0 Å². The first-order valence-corrected chi connectivity index (χ1v) is 10.1. The van der Waals surface area contributed by atoms with Crippen molar-refractivity contribution in [1.82, 2.24) is 9.80 Å². The fourth-order valence-electron chi connectivity index (χ4n) is 3.91. The van der Waals surface area contributed by atoms with Crippen molar-refractivity contribution < 1.29 is 14.1 Å². The summed E-state index contributed by atoms with van der Waals surface area (Å²) in [5.41, 5.74) is 0.740. The molecule has 0 bridgehead atoms. The van der Waals surface area contributed by atoms with Gasteiger partial charge in [0.25, 0.3) is 11.6 Å². The van der Waals surface area contributed by atoms with E-state index in [0.717, 1.165) is 6.54 Å². The van der Waals surface area contributed by atoms with Crippen LogP contribution in [0.5, 0.6) is 0 Å². The second-order valence-electron chi connectivity index (χ2n) is 7.72. The Morgan fingerprint density at radius 3 is 2.52 bits per heavy atom. The average molecular weight is 442 g/mol. The number of carbonyl (C=O) groups excluding carboxylic acids is 1. The Hall–Kier alpha value is -3.23. The maximum absolute atomic E-state index is 13.4. The van der Waals surface area contributed by atoms with Crippen molar-refractivity contribution in [1.29, 1.82) is 0 Å². The van der Waals surface area contributed by atoms with Gasteiger partial charge in [-0.1, -0.05) is 11.6 Å². The fourth-order valence-corrected chi connectivity index (χ4v) is 4.08. The topological polar surface area (TPSA) is 96.9 Å². The Balaban J connectivity index is 1.87. The van der Waals surface area contributed by atoms with Crippen molar-refractivity contribution in [2.45, 2.75) is 12.5 Å². The van der Waals surface area contributed by atoms with E-state index < -0.39 is 11.0 Å². The molecule has 2 aromatic carbocycles. The predicted octanol–water partition coefficient (Wildman–Crippen LogP) is 3.85. The summed E-state index contributed by atoms with van der Waals surface area (Å²) in [6.45, 7) is 1.16. The van der Waals surface area contributed by atoms with E-state index in [1.165, 1.54) is 18.2 Å². The number of hydrogen-bond acceptors (Lipinski definition) is 6. The van der Waals surface area contributed by atoms with Crippen LogP contribution in [-0.4, -0.2) is 47.8 Å². The number of hydrogen-bond donors (Lipinski definition) is 0. The molecule has 1 atom stereocenters. The quantitative estimate of drug-likeness (QED) is 0.425. The van der Waals surface area contributed by atoms with Crippen molar-refractivity contribution in [2.24, 2.45) is 0 Å². The Kier molecular flexibility index (Phi) is 5.51. The van der Waals surface area contributed by atoms with E-state index >= 15 is 0 Å². The van der Waals surface area contributed by atoms with Crippen molar-refractivity contribution in [3.63, 3.8) is 0 Å². The summed E-state index contributed by atoms with van der Waals surface area (Å²) in [6, 6.07) is 9.89. The molecule has 0 aliphatic carbocycles. The van der Waals surface area contributed by atoms with Gasteiger partial charge in [-0.15, -0.1) is 0 Å². The summed E-state index contributed by atoms with van der Waals surface area (Å²) in [7, 11) is 3.88. The molecule has 1 unspecified atom stereocenters. The third-order valence-corrected chi connectivity index (χ3v) is 5.59. The zero-order valence-electron chi connectivity index (χ0n) is 17.0. The van der Waals surface area contributed by atoms with E-state index in [1.54, 1.807) is 29.2 Å². The van der Waals surface area contributed by atoms with Gasteiger partial charge < -0.3 is 14.2 Å². The van der Waals surface area contributed by atoms with Gasteiger partial charge >= 0.3 is 0 Å². The first kappa shape index (κ1) is 21.0. The van der Waals surface area contributed by atoms with Crippen LogP contribution in [0.2, 0.25) is 5.02 Å². The highest BCUT2D eigenvalue weighted by atomic mass is 35.5. The van der Waals surface area contributed by atoms with Crippen LogP contribution in [0.15, 0.2) is 51.7 Å². The van der Waals surface area contributed by atoms with Gasteiger partial charge in [-0.3, -0.25) is 19.7 Å². The van der Waals surface area contributed by atoms with Gasteiger partial charge in [-0.25, -0.2) is 0 Å². The molecule has 1 aliphatic heterocycles. The second-order valence-corrected chi connectivity index (χ2v) is 8.16. The van der Waals surface area contributed by atoms with Gasteiger partial charge in [0.2, 0.25) is 5.76 Å². The summed E-state index contributed by atoms with van der Waals surface area (Å²) in [5.74, 6) is -0.362. The van der Waals surface area contributed by atoms with E-state index in [9.17, 15) is 19.7 Å². The van der Waals surface area contributed by atoms with Gasteiger partial charge in [0, 0.05) is 23.7 Å². The first-order chi connectivity index (χ1) is 14.8. The van der Waals surface area contributed by atoms with Crippen molar-refractivity contribution >= 4 is 34.2 Å². The van der Waals surface area contributed by atoms with Crippen LogP contribution in [-0.2, 0) is 0 Å². The third-order valence-electron chi connectivity index (χ3n) is 5.35. The van der Waals surface area contributed by atoms with Crippen molar-refractivity contribution in [3.8, 4) is 0 Å².